The van der Waals surface area contributed by atoms with Crippen LogP contribution in [0.3, 0.4) is 0 Å². The van der Waals surface area contributed by atoms with Crippen LogP contribution in [-0.2, 0) is 0 Å². The summed E-state index contributed by atoms with van der Waals surface area (Å²) in [7, 11) is 0. The Morgan fingerprint density at radius 2 is 2.00 bits per heavy atom. The Hall–Kier alpha value is 0.310. The summed E-state index contributed by atoms with van der Waals surface area (Å²) in [6.07, 6.45) is 10.2. The molecule has 90 valence electrons. The molecule has 1 nitrogen and oxygen atoms in total. The van der Waals surface area contributed by atoms with E-state index in [-0.39, 0.29) is 0 Å². The van der Waals surface area contributed by atoms with Crippen LogP contribution in [0.2, 0.25) is 0 Å². The molecule has 1 unspecified atom stereocenters. The van der Waals surface area contributed by atoms with E-state index in [0.717, 1.165) is 24.1 Å². The van der Waals surface area contributed by atoms with Gasteiger partial charge in [0.1, 0.15) is 0 Å². The maximum Gasteiger partial charge on any atom is 0.00398 e. The molecule has 0 saturated heterocycles. The zero-order chi connectivity index (χ0) is 10.9. The summed E-state index contributed by atoms with van der Waals surface area (Å²) in [5.74, 6) is 2.88. The van der Waals surface area contributed by atoms with Crippen LogP contribution in [0.25, 0.3) is 0 Å². The van der Waals surface area contributed by atoms with Gasteiger partial charge in [-0.1, -0.05) is 45.4 Å². The summed E-state index contributed by atoms with van der Waals surface area (Å²) in [6, 6.07) is 0. The molecule has 0 radical (unpaired) electrons. The molecule has 0 amide bonds. The number of hydrogen-bond acceptors (Lipinski definition) is 2. The van der Waals surface area contributed by atoms with E-state index in [9.17, 15) is 0 Å². The molecule has 0 aromatic heterocycles. The Balaban J connectivity index is 2.13. The standard InChI is InChI=1S/C13H27NS/c1-2-12(11-14-8-9-15)10-13-6-4-3-5-7-13/h12-15H,2-11H2,1H3. The fourth-order valence-corrected chi connectivity index (χ4v) is 2.83. The summed E-state index contributed by atoms with van der Waals surface area (Å²) >= 11 is 4.22. The molecular weight excluding hydrogens is 202 g/mol. The van der Waals surface area contributed by atoms with Crippen molar-refractivity contribution in [2.24, 2.45) is 11.8 Å². The number of thiol groups is 1. The molecule has 1 atom stereocenters. The first-order valence-electron chi connectivity index (χ1n) is 6.68. The normalized spacial score (nSPS) is 20.4. The second kappa shape index (κ2) is 8.46. The van der Waals surface area contributed by atoms with Crippen molar-refractivity contribution in [1.29, 1.82) is 0 Å². The molecule has 1 aliphatic carbocycles. The zero-order valence-corrected chi connectivity index (χ0v) is 11.1. The smallest absolute Gasteiger partial charge is 0.00398 e. The van der Waals surface area contributed by atoms with E-state index in [1.165, 1.54) is 51.5 Å². The largest absolute Gasteiger partial charge is 0.316 e. The van der Waals surface area contributed by atoms with Gasteiger partial charge in [-0.05, 0) is 24.8 Å². The van der Waals surface area contributed by atoms with Gasteiger partial charge >= 0.3 is 0 Å². The van der Waals surface area contributed by atoms with Crippen LogP contribution in [0.5, 0.6) is 0 Å². The number of hydrogen-bond donors (Lipinski definition) is 2. The van der Waals surface area contributed by atoms with Crippen LogP contribution in [0.15, 0.2) is 0 Å². The highest BCUT2D eigenvalue weighted by Crippen LogP contribution is 2.29. The summed E-state index contributed by atoms with van der Waals surface area (Å²) in [6.45, 7) is 4.59. The minimum atomic E-state index is 0.896. The van der Waals surface area contributed by atoms with Crippen molar-refractivity contribution in [1.82, 2.24) is 5.32 Å². The van der Waals surface area contributed by atoms with E-state index in [4.69, 9.17) is 0 Å². The predicted molar refractivity (Wildman–Crippen MR) is 71.7 cm³/mol. The minimum absolute atomic E-state index is 0.896. The first kappa shape index (κ1) is 13.4. The lowest BCUT2D eigenvalue weighted by atomic mass is 9.82. The van der Waals surface area contributed by atoms with E-state index in [0.29, 0.717) is 0 Å². The molecule has 0 aromatic carbocycles. The quantitative estimate of drug-likeness (QED) is 0.503. The molecule has 1 fully saturated rings. The molecule has 15 heavy (non-hydrogen) atoms. The van der Waals surface area contributed by atoms with Gasteiger partial charge < -0.3 is 5.32 Å². The lowest BCUT2D eigenvalue weighted by Gasteiger charge is -2.26. The molecule has 0 aliphatic heterocycles. The average molecular weight is 229 g/mol. The lowest BCUT2D eigenvalue weighted by Crippen LogP contribution is -2.26. The fourth-order valence-electron chi connectivity index (χ4n) is 2.67. The number of rotatable bonds is 7. The fraction of sp³-hybridized carbons (Fsp3) is 1.00. The average Bonchev–Trinajstić information content (AvgIpc) is 2.29. The Bertz CT molecular complexity index is 143. The Morgan fingerprint density at radius 3 is 2.60 bits per heavy atom. The van der Waals surface area contributed by atoms with Gasteiger partial charge in [-0.2, -0.15) is 12.6 Å². The van der Waals surface area contributed by atoms with Crippen molar-refractivity contribution in [2.45, 2.75) is 51.9 Å². The third-order valence-electron chi connectivity index (χ3n) is 3.69. The topological polar surface area (TPSA) is 12.0 Å². The second-order valence-corrected chi connectivity index (χ2v) is 5.39. The molecule has 1 rings (SSSR count). The first-order chi connectivity index (χ1) is 7.36. The van der Waals surface area contributed by atoms with Crippen molar-refractivity contribution in [3.63, 3.8) is 0 Å². The third kappa shape index (κ3) is 5.82. The first-order valence-corrected chi connectivity index (χ1v) is 7.31. The molecule has 0 aromatic rings. The van der Waals surface area contributed by atoms with Gasteiger partial charge in [-0.15, -0.1) is 0 Å². The van der Waals surface area contributed by atoms with Gasteiger partial charge in [0.05, 0.1) is 0 Å². The minimum Gasteiger partial charge on any atom is -0.316 e. The monoisotopic (exact) mass is 229 g/mol. The van der Waals surface area contributed by atoms with Gasteiger partial charge in [0.2, 0.25) is 0 Å². The summed E-state index contributed by atoms with van der Waals surface area (Å²) in [5.41, 5.74) is 0. The summed E-state index contributed by atoms with van der Waals surface area (Å²) in [4.78, 5) is 0. The highest BCUT2D eigenvalue weighted by atomic mass is 32.1. The predicted octanol–water partition coefficient (Wildman–Crippen LogP) is 3.50. The van der Waals surface area contributed by atoms with E-state index in [1.54, 1.807) is 0 Å². The maximum atomic E-state index is 4.22. The van der Waals surface area contributed by atoms with Crippen LogP contribution >= 0.6 is 12.6 Å². The van der Waals surface area contributed by atoms with Crippen LogP contribution in [-0.4, -0.2) is 18.8 Å². The van der Waals surface area contributed by atoms with Crippen molar-refractivity contribution in [3.8, 4) is 0 Å². The molecule has 0 bridgehead atoms. The van der Waals surface area contributed by atoms with Gasteiger partial charge in [-0.3, -0.25) is 0 Å². The van der Waals surface area contributed by atoms with Crippen LogP contribution in [0, 0.1) is 11.8 Å². The van der Waals surface area contributed by atoms with Crippen LogP contribution < -0.4 is 5.32 Å². The molecule has 1 N–H and O–H groups in total. The van der Waals surface area contributed by atoms with E-state index < -0.39 is 0 Å². The van der Waals surface area contributed by atoms with E-state index >= 15 is 0 Å². The Kier molecular flexibility index (Phi) is 7.54. The van der Waals surface area contributed by atoms with Gasteiger partial charge in [0, 0.05) is 12.3 Å². The van der Waals surface area contributed by atoms with Crippen LogP contribution in [0.4, 0.5) is 0 Å². The van der Waals surface area contributed by atoms with Crippen LogP contribution in [0.1, 0.15) is 51.9 Å². The van der Waals surface area contributed by atoms with E-state index in [2.05, 4.69) is 24.9 Å². The molecule has 1 saturated carbocycles. The SMILES string of the molecule is CCC(CNCCS)CC1CCCCC1. The van der Waals surface area contributed by atoms with Crippen molar-refractivity contribution in [2.75, 3.05) is 18.8 Å². The maximum absolute atomic E-state index is 4.22. The van der Waals surface area contributed by atoms with E-state index in [1.807, 2.05) is 0 Å². The highest BCUT2D eigenvalue weighted by Gasteiger charge is 2.17. The summed E-state index contributed by atoms with van der Waals surface area (Å²) in [5, 5.41) is 3.50. The van der Waals surface area contributed by atoms with Gasteiger partial charge in [0.25, 0.3) is 0 Å². The lowest BCUT2D eigenvalue weighted by molar-refractivity contribution is 0.278. The molecule has 2 heteroatoms. The van der Waals surface area contributed by atoms with Gasteiger partial charge in [0.15, 0.2) is 0 Å². The van der Waals surface area contributed by atoms with Crippen molar-refractivity contribution in [3.05, 3.63) is 0 Å². The Labute approximate surface area is 101 Å². The molecule has 0 spiro atoms. The van der Waals surface area contributed by atoms with Crippen molar-refractivity contribution < 1.29 is 0 Å². The molecule has 1 aliphatic rings. The Morgan fingerprint density at radius 1 is 1.27 bits per heavy atom. The second-order valence-electron chi connectivity index (χ2n) is 4.94. The zero-order valence-electron chi connectivity index (χ0n) is 10.2. The highest BCUT2D eigenvalue weighted by molar-refractivity contribution is 7.80. The molecule has 0 heterocycles. The number of nitrogens with one attached hydrogen (secondary N) is 1. The van der Waals surface area contributed by atoms with Crippen molar-refractivity contribution >= 4 is 12.6 Å². The summed E-state index contributed by atoms with van der Waals surface area (Å²) < 4.78 is 0. The van der Waals surface area contributed by atoms with Gasteiger partial charge in [-0.25, -0.2) is 0 Å². The molecular formula is C13H27NS. The third-order valence-corrected chi connectivity index (χ3v) is 3.91.